The Labute approximate surface area is 617 Å². The smallest absolute Gasteiger partial charge is 0.344 e. The van der Waals surface area contributed by atoms with E-state index in [1.165, 1.54) is 51.4 Å². The number of aliphatic hydroxyl groups excluding tert-OH is 2. The summed E-state index contributed by atoms with van der Waals surface area (Å²) in [4.78, 5) is 126. The van der Waals surface area contributed by atoms with E-state index in [1.807, 2.05) is 61.2 Å². The molecule has 6 heterocycles. The number of hydrogen-bond acceptors (Lipinski definition) is 27. The van der Waals surface area contributed by atoms with Crippen LogP contribution in [0.5, 0.6) is 23.0 Å². The first kappa shape index (κ1) is 75.0. The molecule has 4 aliphatic carbocycles. The number of ketones is 3. The van der Waals surface area contributed by atoms with Crippen molar-refractivity contribution < 1.29 is 107 Å². The van der Waals surface area contributed by atoms with Crippen molar-refractivity contribution in [2.24, 2.45) is 27.8 Å². The molecule has 570 valence electrons. The van der Waals surface area contributed by atoms with Crippen LogP contribution in [0.25, 0.3) is 5.57 Å². The molecule has 1 saturated carbocycles. The molecule has 1 spiro atoms. The van der Waals surface area contributed by atoms with Gasteiger partial charge in [-0.05, 0) is 97.8 Å². The van der Waals surface area contributed by atoms with Gasteiger partial charge >= 0.3 is 23.9 Å². The van der Waals surface area contributed by atoms with Crippen molar-refractivity contribution in [3.05, 3.63) is 128 Å². The van der Waals surface area contributed by atoms with E-state index in [0.717, 1.165) is 29.4 Å². The summed E-state index contributed by atoms with van der Waals surface area (Å²) in [7, 11) is 5.18. The van der Waals surface area contributed by atoms with Crippen LogP contribution in [0, 0.1) is 11.3 Å². The summed E-state index contributed by atoms with van der Waals surface area (Å²) in [6, 6.07) is 13.3. The first-order chi connectivity index (χ1) is 51.0. The molecule has 3 saturated heterocycles. The van der Waals surface area contributed by atoms with E-state index >= 15 is 4.79 Å². The topological polar surface area (TPSA) is 406 Å². The number of carbonyl (C=O) groups excluding carboxylic acids is 8. The average molecular weight is 1480 g/mol. The fraction of sp³-hybridized carbons (Fsp3) is 0.532. The minimum absolute atomic E-state index is 0.0380. The largest absolute Gasteiger partial charge is 0.507 e. The number of fused-ring (bicyclic) bond motifs is 8. The van der Waals surface area contributed by atoms with Gasteiger partial charge < -0.3 is 84.9 Å². The maximum Gasteiger partial charge on any atom is 0.344 e. The van der Waals surface area contributed by atoms with Crippen LogP contribution in [0.15, 0.2) is 77.3 Å². The van der Waals surface area contributed by atoms with Gasteiger partial charge in [-0.2, -0.15) is 0 Å². The second-order valence-corrected chi connectivity index (χ2v) is 30.5. The molecule has 10 aliphatic rings. The van der Waals surface area contributed by atoms with Gasteiger partial charge in [0.1, 0.15) is 39.6 Å². The highest BCUT2D eigenvalue weighted by Crippen LogP contribution is 2.72. The van der Waals surface area contributed by atoms with E-state index in [4.69, 9.17) is 49.4 Å². The van der Waals surface area contributed by atoms with Crippen molar-refractivity contribution in [3.8, 4) is 23.0 Å². The first-order valence-electron chi connectivity index (χ1n) is 36.5. The molecule has 1 unspecified atom stereocenters. The zero-order chi connectivity index (χ0) is 76.6. The zero-order valence-corrected chi connectivity index (χ0v) is 61.1. The second kappa shape index (κ2) is 27.4. The van der Waals surface area contributed by atoms with Crippen LogP contribution in [0.3, 0.4) is 0 Å². The van der Waals surface area contributed by atoms with Crippen molar-refractivity contribution in [1.82, 2.24) is 9.80 Å². The molecule has 4 aromatic rings. The molecule has 14 rings (SSSR count). The molecule has 107 heavy (non-hydrogen) atoms. The molecule has 6 aliphatic heterocycles. The molecule has 1 amide bonds. The summed E-state index contributed by atoms with van der Waals surface area (Å²) in [6.45, 7) is 6.65. The van der Waals surface area contributed by atoms with Gasteiger partial charge in [-0.1, -0.05) is 62.4 Å². The Bertz CT molecular complexity index is 4510. The lowest BCUT2D eigenvalue weighted by Crippen LogP contribution is -2.89. The molecular weight excluding hydrogens is 1380 g/mol. The molecule has 4 aromatic carbocycles. The standard InChI is InChI=1S/C79H92N6O22/c1-9-73(107-58(90)20-19-44(89)35-82-57(37-86)75(98)33-48-61(56(34-75)106-59-29-52(80)64(91)40(3)104-59)68(95)63-62(66(48)93)65(92)47-17-13-18-54(100-5)60(47)67(63)94)31-42-32-76(71(96)102-7,49-27-43-15-11-12-16-45(43)46(49)21-25-83(36-42)38-73)51-28-50-53(30-55(51)101-6)85(39-87)69-77(50)23-26-84-24-14-22-74(10-2,79(77,84)81)70(105-41(4)88)78(69,99)72(97)103-8/h11-18,22,28,30,39-40,42,52,56,59,64,69-70,86,91,93,95,98-99H,9-10,19-21,23-27,29,31-38,80-81H2,1-8H3/t40-,42+,52-,56+,59+,64+,69+,70+,73-,74+,75+,76+,77+,78-,79+/m0/s1. The number of esters is 4. The number of aromatic hydroxyl groups is 2. The number of phenols is 2. The first-order valence-corrected chi connectivity index (χ1v) is 36.5. The van der Waals surface area contributed by atoms with Gasteiger partial charge in [0.2, 0.25) is 17.8 Å². The normalized spacial score (nSPS) is 33.7. The van der Waals surface area contributed by atoms with Crippen LogP contribution in [-0.4, -0.2) is 227 Å². The van der Waals surface area contributed by atoms with Crippen LogP contribution in [0.1, 0.15) is 163 Å². The van der Waals surface area contributed by atoms with Crippen LogP contribution < -0.4 is 25.8 Å². The Hall–Kier alpha value is -8.81. The lowest BCUT2D eigenvalue weighted by atomic mass is 9.44. The van der Waals surface area contributed by atoms with E-state index in [0.29, 0.717) is 63.0 Å². The number of nitrogens with two attached hydrogens (primary N) is 2. The van der Waals surface area contributed by atoms with Crippen molar-refractivity contribution in [3.63, 3.8) is 0 Å². The Kier molecular flexibility index (Phi) is 19.2. The third-order valence-corrected chi connectivity index (χ3v) is 25.4. The van der Waals surface area contributed by atoms with Crippen molar-refractivity contribution in [2.75, 3.05) is 79.2 Å². The number of benzene rings is 4. The number of ether oxygens (including phenoxy) is 8. The number of piperidine rings is 1. The van der Waals surface area contributed by atoms with Crippen molar-refractivity contribution in [2.45, 2.75) is 181 Å². The molecule has 28 heteroatoms. The van der Waals surface area contributed by atoms with E-state index < -0.39 is 190 Å². The Balaban J connectivity index is 0.777. The molecule has 0 radical (unpaired) electrons. The molecule has 4 fully saturated rings. The summed E-state index contributed by atoms with van der Waals surface area (Å²) in [5.41, 5.74) is 4.26. The summed E-state index contributed by atoms with van der Waals surface area (Å²) < 4.78 is 48.6. The number of hydrogen-bond donors (Lipinski definition) is 8. The van der Waals surface area contributed by atoms with Crippen LogP contribution in [0.4, 0.5) is 5.69 Å². The number of amides is 1. The molecule has 10 N–H and O–H groups in total. The van der Waals surface area contributed by atoms with Crippen molar-refractivity contribution >= 4 is 64.6 Å². The Morgan fingerprint density at radius 3 is 2.26 bits per heavy atom. The van der Waals surface area contributed by atoms with Gasteiger partial charge in [-0.25, -0.2) is 4.79 Å². The third-order valence-electron chi connectivity index (χ3n) is 25.4. The summed E-state index contributed by atoms with van der Waals surface area (Å²) >= 11 is 0. The summed E-state index contributed by atoms with van der Waals surface area (Å²) in [5, 5.41) is 72.6. The van der Waals surface area contributed by atoms with Crippen LogP contribution >= 0.6 is 0 Å². The summed E-state index contributed by atoms with van der Waals surface area (Å²) in [5.74, 6) is -7.35. The van der Waals surface area contributed by atoms with E-state index in [2.05, 4.69) is 9.89 Å². The van der Waals surface area contributed by atoms with Gasteiger partial charge in [0.25, 0.3) is 0 Å². The predicted octanol–water partition coefficient (Wildman–Crippen LogP) is 3.92. The predicted molar refractivity (Wildman–Crippen MR) is 381 cm³/mol. The number of nitrogens with zero attached hydrogens (tertiary/aromatic N) is 4. The fourth-order valence-electron chi connectivity index (χ4n) is 20.8. The second-order valence-electron chi connectivity index (χ2n) is 30.5. The minimum atomic E-state index is -2.76. The lowest BCUT2D eigenvalue weighted by Gasteiger charge is -2.68. The van der Waals surface area contributed by atoms with Gasteiger partial charge in [0.15, 0.2) is 24.0 Å². The monoisotopic (exact) mass is 1480 g/mol. The van der Waals surface area contributed by atoms with Crippen LogP contribution in [0.2, 0.25) is 0 Å². The van der Waals surface area contributed by atoms with E-state index in [1.54, 1.807) is 13.0 Å². The average Bonchev–Trinajstić information content (AvgIpc) is 1.48. The zero-order valence-electron chi connectivity index (χ0n) is 61.1. The molecule has 16 atom stereocenters. The number of rotatable bonds is 19. The number of phenolic OH excluding ortho intramolecular Hbond substituents is 2. The van der Waals surface area contributed by atoms with Crippen LogP contribution in [-0.2, 0) is 80.9 Å². The van der Waals surface area contributed by atoms with Gasteiger partial charge in [-0.3, -0.25) is 48.4 Å². The molecule has 2 bridgehead atoms. The van der Waals surface area contributed by atoms with Gasteiger partial charge in [-0.15, -0.1) is 0 Å². The minimum Gasteiger partial charge on any atom is -0.507 e. The highest BCUT2D eigenvalue weighted by molar-refractivity contribution is 6.31. The Morgan fingerprint density at radius 2 is 1.58 bits per heavy atom. The third kappa shape index (κ3) is 10.9. The maximum atomic E-state index is 16.1. The molecule has 0 aromatic heterocycles. The Morgan fingerprint density at radius 1 is 0.850 bits per heavy atom. The number of anilines is 1. The maximum absolute atomic E-state index is 16.1. The quantitative estimate of drug-likeness (QED) is 0.0145. The SMILES string of the molecule is CC[C@]1(OC(=O)CCC(=O)CN=C(CO)[C@@]2(O)Cc3c(O)c4c(c(O)c3[C@H](O[C@@H]3C[C@H](N)[C@H](O)[C@H](C)O3)C2)C(=O)c2c(OC)cccc2C4=O)C[C@H]2CN(CCC3=C(Cc4ccccc43)[C@@](C(=O)OC)(c3cc4c(cc3OC)N(C=O)[C@H]3[C@@](O)(C(=O)OC)[C@H](OC(C)=O)[C@@]5(CC)C=CCN6CC[C@@]43[C@]65N)C2)C1. The fourth-order valence-corrected chi connectivity index (χ4v) is 20.8. The number of aliphatic imine (C=N–C) groups is 1. The van der Waals surface area contributed by atoms with E-state index in [-0.39, 0.29) is 83.8 Å². The van der Waals surface area contributed by atoms with Crippen molar-refractivity contribution in [1.29, 1.82) is 0 Å². The lowest BCUT2D eigenvalue weighted by molar-refractivity contribution is -0.246. The number of carbonyl (C=O) groups is 8. The number of aliphatic hydroxyl groups is 4. The van der Waals surface area contributed by atoms with E-state index in [9.17, 15) is 64.2 Å². The van der Waals surface area contributed by atoms with Gasteiger partial charge in [0, 0.05) is 99.7 Å². The highest BCUT2D eigenvalue weighted by atomic mass is 16.7. The molecular formula is C79H92N6O22. The number of methoxy groups -OCH3 is 4. The van der Waals surface area contributed by atoms with Gasteiger partial charge in [0.05, 0.1) is 117 Å². The number of Topliss-reactive ketones (excluding diaryl/α,β-unsaturated/α-hetero) is 1. The summed E-state index contributed by atoms with van der Waals surface area (Å²) in [6.07, 6.45) is -2.54. The molecule has 28 nitrogen and oxygen atoms in total. The highest BCUT2D eigenvalue weighted by Gasteiger charge is 2.86.